The molecule has 0 saturated carbocycles. The Morgan fingerprint density at radius 2 is 2.00 bits per heavy atom. The number of likely N-dealkylation sites (N-methyl/N-ethyl adjacent to an activating group) is 1. The molecular weight excluding hydrogens is 456 g/mol. The Labute approximate surface area is 215 Å². The second-order valence-electron chi connectivity index (χ2n) is 9.85. The molecule has 1 aromatic carbocycles. The molecule has 3 atom stereocenters. The van der Waals surface area contributed by atoms with Crippen molar-refractivity contribution >= 4 is 12.4 Å². The summed E-state index contributed by atoms with van der Waals surface area (Å²) < 4.78 is 7.44. The zero-order valence-electron chi connectivity index (χ0n) is 22.0. The van der Waals surface area contributed by atoms with Gasteiger partial charge in [-0.2, -0.15) is 5.10 Å². The summed E-state index contributed by atoms with van der Waals surface area (Å²) in [6.07, 6.45) is 10.9. The van der Waals surface area contributed by atoms with Crippen molar-refractivity contribution in [3.05, 3.63) is 47.8 Å². The van der Waals surface area contributed by atoms with E-state index in [1.54, 1.807) is 6.20 Å². The standard InChI is InChI=1S/C19H23N3O3.C9H19NO/c1-21-12-15(13-3-4-17-14(11-13)6-10-25-17)18(19(23)24)16(21)5-9-22-8-2-7-20-22;1-3-5-7-10(9-11)8-6-4-2/h2-4,7-8,11,15-16,18H,5-6,9-10,12H2,1H3,(H,23,24);9H,3-8H2,1-2H3. The summed E-state index contributed by atoms with van der Waals surface area (Å²) in [5.74, 6) is -0.161. The number of unbranched alkanes of at least 4 members (excludes halogenated alkanes) is 2. The average molecular weight is 499 g/mol. The maximum Gasteiger partial charge on any atom is 0.308 e. The van der Waals surface area contributed by atoms with E-state index in [0.717, 1.165) is 89.0 Å². The second kappa shape index (κ2) is 14.0. The molecule has 1 aromatic heterocycles. The van der Waals surface area contributed by atoms with Gasteiger partial charge in [-0.15, -0.1) is 0 Å². The van der Waals surface area contributed by atoms with E-state index in [9.17, 15) is 14.7 Å². The van der Waals surface area contributed by atoms with Gasteiger partial charge in [-0.25, -0.2) is 0 Å². The number of aryl methyl sites for hydroxylation is 1. The molecule has 4 rings (SSSR count). The number of benzene rings is 1. The van der Waals surface area contributed by atoms with E-state index in [0.29, 0.717) is 0 Å². The van der Waals surface area contributed by atoms with Crippen LogP contribution in [-0.2, 0) is 22.6 Å². The Balaban J connectivity index is 0.000000280. The number of hydrogen-bond acceptors (Lipinski definition) is 5. The lowest BCUT2D eigenvalue weighted by molar-refractivity contribution is -0.143. The fourth-order valence-electron chi connectivity index (χ4n) is 5.22. The molecular formula is C28H42N4O4. The minimum atomic E-state index is -0.712. The quantitative estimate of drug-likeness (QED) is 0.444. The molecule has 8 nitrogen and oxygen atoms in total. The number of carbonyl (C=O) groups excluding carboxylic acids is 1. The Morgan fingerprint density at radius 1 is 1.25 bits per heavy atom. The lowest BCUT2D eigenvalue weighted by atomic mass is 9.83. The molecule has 36 heavy (non-hydrogen) atoms. The number of aromatic nitrogens is 2. The first-order chi connectivity index (χ1) is 17.5. The number of carbonyl (C=O) groups is 2. The normalized spacial score (nSPS) is 20.8. The first kappa shape index (κ1) is 27.7. The Bertz CT molecular complexity index is 941. The third-order valence-electron chi connectivity index (χ3n) is 7.29. The van der Waals surface area contributed by atoms with Crippen LogP contribution in [0.1, 0.15) is 63.0 Å². The Kier molecular flexibility index (Phi) is 10.8. The van der Waals surface area contributed by atoms with Gasteiger partial charge in [-0.3, -0.25) is 14.3 Å². The molecule has 1 N–H and O–H groups in total. The van der Waals surface area contributed by atoms with Crippen molar-refractivity contribution in [3.63, 3.8) is 0 Å². The van der Waals surface area contributed by atoms with Crippen molar-refractivity contribution in [1.29, 1.82) is 0 Å². The molecule has 0 aliphatic carbocycles. The minimum absolute atomic E-state index is 0.0102. The van der Waals surface area contributed by atoms with Crippen LogP contribution in [0.3, 0.4) is 0 Å². The molecule has 1 fully saturated rings. The van der Waals surface area contributed by atoms with Crippen LogP contribution in [0.15, 0.2) is 36.7 Å². The highest BCUT2D eigenvalue weighted by molar-refractivity contribution is 5.73. The van der Waals surface area contributed by atoms with Crippen LogP contribution >= 0.6 is 0 Å². The Hall–Kier alpha value is -2.87. The number of carboxylic acids is 1. The third kappa shape index (κ3) is 7.32. The predicted octanol–water partition coefficient (Wildman–Crippen LogP) is 4.05. The van der Waals surface area contributed by atoms with Crippen molar-refractivity contribution in [2.75, 3.05) is 33.3 Å². The van der Waals surface area contributed by atoms with Crippen molar-refractivity contribution in [1.82, 2.24) is 19.6 Å². The number of ether oxygens (including phenoxy) is 1. The first-order valence-electron chi connectivity index (χ1n) is 13.3. The van der Waals surface area contributed by atoms with Gasteiger partial charge >= 0.3 is 5.97 Å². The topological polar surface area (TPSA) is 87.9 Å². The zero-order chi connectivity index (χ0) is 25.9. The number of likely N-dealkylation sites (tertiary alicyclic amines) is 1. The highest BCUT2D eigenvalue weighted by atomic mass is 16.5. The van der Waals surface area contributed by atoms with Crippen LogP contribution in [0.5, 0.6) is 5.75 Å². The van der Waals surface area contributed by atoms with Crippen molar-refractivity contribution < 1.29 is 19.4 Å². The zero-order valence-corrected chi connectivity index (χ0v) is 22.0. The maximum absolute atomic E-state index is 12.1. The minimum Gasteiger partial charge on any atom is -0.493 e. The van der Waals surface area contributed by atoms with Crippen molar-refractivity contribution in [3.8, 4) is 5.75 Å². The number of hydrogen-bond donors (Lipinski definition) is 1. The van der Waals surface area contributed by atoms with Gasteiger partial charge in [0.15, 0.2) is 0 Å². The molecule has 8 heteroatoms. The summed E-state index contributed by atoms with van der Waals surface area (Å²) in [4.78, 5) is 26.6. The monoisotopic (exact) mass is 498 g/mol. The average Bonchev–Trinajstić information content (AvgIpc) is 3.63. The van der Waals surface area contributed by atoms with Gasteiger partial charge in [0, 0.05) is 57.0 Å². The largest absolute Gasteiger partial charge is 0.493 e. The van der Waals surface area contributed by atoms with E-state index in [1.807, 2.05) is 41.0 Å². The van der Waals surface area contributed by atoms with Crippen LogP contribution in [0.25, 0.3) is 0 Å². The number of fused-ring (bicyclic) bond motifs is 1. The maximum atomic E-state index is 12.1. The molecule has 2 aromatic rings. The van der Waals surface area contributed by atoms with E-state index in [1.165, 1.54) is 5.56 Å². The first-order valence-corrected chi connectivity index (χ1v) is 13.3. The highest BCUT2D eigenvalue weighted by Gasteiger charge is 2.45. The van der Waals surface area contributed by atoms with Gasteiger partial charge in [-0.1, -0.05) is 38.8 Å². The lowest BCUT2D eigenvalue weighted by Gasteiger charge is -2.23. The van der Waals surface area contributed by atoms with Gasteiger partial charge < -0.3 is 19.6 Å². The third-order valence-corrected chi connectivity index (χ3v) is 7.29. The van der Waals surface area contributed by atoms with Crippen LogP contribution in [0.4, 0.5) is 0 Å². The SMILES string of the molecule is CCCCN(C=O)CCCC.CN1CC(c2ccc3c(c2)CCO3)C(C(=O)O)C1CCn1cccn1. The molecule has 1 amide bonds. The van der Waals surface area contributed by atoms with Crippen LogP contribution < -0.4 is 4.74 Å². The second-order valence-corrected chi connectivity index (χ2v) is 9.85. The van der Waals surface area contributed by atoms with Crippen LogP contribution in [0.2, 0.25) is 0 Å². The van der Waals surface area contributed by atoms with E-state index >= 15 is 0 Å². The molecule has 0 spiro atoms. The molecule has 0 bridgehead atoms. The van der Waals surface area contributed by atoms with Gasteiger partial charge in [-0.05, 0) is 49.6 Å². The predicted molar refractivity (Wildman–Crippen MR) is 140 cm³/mol. The van der Waals surface area contributed by atoms with E-state index in [-0.39, 0.29) is 12.0 Å². The van der Waals surface area contributed by atoms with E-state index in [2.05, 4.69) is 29.9 Å². The number of carboxylic acid groups (broad SMARTS) is 1. The number of nitrogens with zero attached hydrogens (tertiary/aromatic N) is 4. The van der Waals surface area contributed by atoms with E-state index < -0.39 is 11.9 Å². The number of amides is 1. The van der Waals surface area contributed by atoms with Crippen molar-refractivity contribution in [2.24, 2.45) is 5.92 Å². The molecule has 198 valence electrons. The van der Waals surface area contributed by atoms with Crippen LogP contribution in [-0.4, -0.2) is 76.4 Å². The van der Waals surface area contributed by atoms with E-state index in [4.69, 9.17) is 4.74 Å². The highest BCUT2D eigenvalue weighted by Crippen LogP contribution is 2.40. The fourth-order valence-corrected chi connectivity index (χ4v) is 5.22. The van der Waals surface area contributed by atoms with Crippen LogP contribution in [0, 0.1) is 5.92 Å². The number of aliphatic carboxylic acids is 1. The lowest BCUT2D eigenvalue weighted by Crippen LogP contribution is -2.34. The molecule has 1 saturated heterocycles. The summed E-state index contributed by atoms with van der Waals surface area (Å²) in [7, 11) is 2.03. The number of rotatable bonds is 12. The summed E-state index contributed by atoms with van der Waals surface area (Å²) in [6, 6.07) is 8.08. The van der Waals surface area contributed by atoms with Gasteiger partial charge in [0.25, 0.3) is 0 Å². The molecule has 3 heterocycles. The summed E-state index contributed by atoms with van der Waals surface area (Å²) in [6.45, 7) is 8.36. The molecule has 2 aliphatic rings. The van der Waals surface area contributed by atoms with Crippen molar-refractivity contribution in [2.45, 2.75) is 70.9 Å². The summed E-state index contributed by atoms with van der Waals surface area (Å²) >= 11 is 0. The smallest absolute Gasteiger partial charge is 0.308 e. The molecule has 2 aliphatic heterocycles. The van der Waals surface area contributed by atoms with Gasteiger partial charge in [0.2, 0.25) is 6.41 Å². The van der Waals surface area contributed by atoms with Gasteiger partial charge in [0.1, 0.15) is 5.75 Å². The Morgan fingerprint density at radius 3 is 2.61 bits per heavy atom. The van der Waals surface area contributed by atoms with Gasteiger partial charge in [0.05, 0.1) is 12.5 Å². The summed E-state index contributed by atoms with van der Waals surface area (Å²) in [5.41, 5.74) is 2.31. The summed E-state index contributed by atoms with van der Waals surface area (Å²) in [5, 5.41) is 14.1. The molecule has 0 radical (unpaired) electrons. The fraction of sp³-hybridized carbons (Fsp3) is 0.607. The molecule has 3 unspecified atom stereocenters.